The summed E-state index contributed by atoms with van der Waals surface area (Å²) in [6.45, 7) is 5.11. The molecule has 0 fully saturated rings. The summed E-state index contributed by atoms with van der Waals surface area (Å²) >= 11 is 0. The van der Waals surface area contributed by atoms with Crippen LogP contribution in [-0.4, -0.2) is 35.4 Å². The quantitative estimate of drug-likeness (QED) is 0.383. The number of nitro benzene ring substituents is 1. The van der Waals surface area contributed by atoms with Crippen molar-refractivity contribution < 1.29 is 24.0 Å². The van der Waals surface area contributed by atoms with Crippen molar-refractivity contribution in [1.82, 2.24) is 5.32 Å². The molecule has 3 N–H and O–H groups in total. The maximum absolute atomic E-state index is 12.0. The molecule has 0 saturated carbocycles. The summed E-state index contributed by atoms with van der Waals surface area (Å²) in [7, 11) is 0. The fourth-order valence-electron chi connectivity index (χ4n) is 2.36. The Morgan fingerprint density at radius 3 is 2.23 bits per heavy atom. The highest BCUT2D eigenvalue weighted by atomic mass is 16.6. The van der Waals surface area contributed by atoms with Gasteiger partial charge in [-0.25, -0.2) is 0 Å². The minimum atomic E-state index is -1.16. The van der Waals surface area contributed by atoms with Gasteiger partial charge < -0.3 is 15.8 Å². The van der Waals surface area contributed by atoms with E-state index >= 15 is 0 Å². The second-order valence-corrected chi connectivity index (χ2v) is 6.01. The van der Waals surface area contributed by atoms with Gasteiger partial charge in [0, 0.05) is 24.0 Å². The summed E-state index contributed by atoms with van der Waals surface area (Å²) in [6.07, 6.45) is -0.211. The van der Waals surface area contributed by atoms with Crippen LogP contribution in [0.4, 0.5) is 5.69 Å². The summed E-state index contributed by atoms with van der Waals surface area (Å²) in [5.74, 6) is -2.98. The number of nitro groups is 1. The van der Waals surface area contributed by atoms with Gasteiger partial charge in [-0.1, -0.05) is 26.0 Å². The lowest BCUT2D eigenvalue weighted by Gasteiger charge is -2.26. The fraction of sp³-hybridized carbons (Fsp3) is 0.471. The van der Waals surface area contributed by atoms with E-state index in [0.29, 0.717) is 5.56 Å². The molecule has 2 amide bonds. The topological polar surface area (TPSA) is 142 Å². The van der Waals surface area contributed by atoms with Crippen molar-refractivity contribution in [2.45, 2.75) is 39.2 Å². The summed E-state index contributed by atoms with van der Waals surface area (Å²) in [4.78, 5) is 46.2. The zero-order valence-electron chi connectivity index (χ0n) is 14.9. The summed E-state index contributed by atoms with van der Waals surface area (Å²) < 4.78 is 4.93. The first-order valence-corrected chi connectivity index (χ1v) is 8.17. The number of hydrogen-bond acceptors (Lipinski definition) is 6. The van der Waals surface area contributed by atoms with E-state index in [0.717, 1.165) is 0 Å². The number of carbonyl (C=O) groups is 3. The number of nitrogens with zero attached hydrogens (tertiary/aromatic N) is 1. The summed E-state index contributed by atoms with van der Waals surface area (Å²) in [6, 6.07) is 4.22. The molecule has 0 spiro atoms. The molecule has 1 aromatic carbocycles. The number of nitrogens with two attached hydrogens (primary N) is 1. The SMILES string of the molecule is CCOC(=O)C[C@H](c1ccc([N+](=O)[O-])cc1)[C@@H](NC(=O)C(C)C)C(N)=O. The standard InChI is InChI=1S/C17H23N3O6/c1-4-26-14(21)9-13(11-5-7-12(8-6-11)20(24)25)15(16(18)22)19-17(23)10(2)3/h5-8,10,13,15H,4,9H2,1-3H3,(H2,18,22)(H,19,23)/t13-,15-/m1/s1. The van der Waals surface area contributed by atoms with E-state index in [9.17, 15) is 24.5 Å². The number of esters is 1. The molecule has 0 heterocycles. The number of amides is 2. The predicted octanol–water partition coefficient (Wildman–Crippen LogP) is 1.26. The van der Waals surface area contributed by atoms with Crippen LogP contribution in [0.3, 0.4) is 0 Å². The molecule has 142 valence electrons. The number of ether oxygens (including phenoxy) is 1. The molecule has 1 aromatic rings. The van der Waals surface area contributed by atoms with Crippen molar-refractivity contribution in [3.8, 4) is 0 Å². The van der Waals surface area contributed by atoms with Gasteiger partial charge in [0.25, 0.3) is 5.69 Å². The number of hydrogen-bond donors (Lipinski definition) is 2. The molecular formula is C17H23N3O6. The van der Waals surface area contributed by atoms with Gasteiger partial charge in [0.2, 0.25) is 11.8 Å². The van der Waals surface area contributed by atoms with Gasteiger partial charge in [-0.2, -0.15) is 0 Å². The highest BCUT2D eigenvalue weighted by molar-refractivity contribution is 5.89. The van der Waals surface area contributed by atoms with Crippen LogP contribution in [0, 0.1) is 16.0 Å². The molecule has 9 heteroatoms. The third-order valence-corrected chi connectivity index (χ3v) is 3.75. The van der Waals surface area contributed by atoms with Gasteiger partial charge in [-0.15, -0.1) is 0 Å². The number of benzene rings is 1. The molecule has 0 aliphatic rings. The van der Waals surface area contributed by atoms with E-state index in [-0.39, 0.29) is 18.7 Å². The first kappa shape index (κ1) is 21.1. The maximum atomic E-state index is 12.0. The zero-order chi connectivity index (χ0) is 19.9. The van der Waals surface area contributed by atoms with Gasteiger partial charge in [0.1, 0.15) is 6.04 Å². The molecule has 0 aliphatic carbocycles. The Bertz CT molecular complexity index is 672. The Kier molecular flexibility index (Phi) is 7.70. The average Bonchev–Trinajstić information content (AvgIpc) is 2.57. The van der Waals surface area contributed by atoms with E-state index in [2.05, 4.69) is 5.32 Å². The lowest BCUT2D eigenvalue weighted by molar-refractivity contribution is -0.384. The first-order valence-electron chi connectivity index (χ1n) is 8.17. The van der Waals surface area contributed by atoms with Gasteiger partial charge in [0.15, 0.2) is 0 Å². The highest BCUT2D eigenvalue weighted by Crippen LogP contribution is 2.26. The number of non-ortho nitro benzene ring substituents is 1. The van der Waals surface area contributed by atoms with Crippen LogP contribution < -0.4 is 11.1 Å². The Hall–Kier alpha value is -2.97. The lowest BCUT2D eigenvalue weighted by Crippen LogP contribution is -2.49. The van der Waals surface area contributed by atoms with Crippen LogP contribution in [-0.2, 0) is 19.1 Å². The number of primary amides is 1. The maximum Gasteiger partial charge on any atom is 0.306 e. The largest absolute Gasteiger partial charge is 0.466 e. The highest BCUT2D eigenvalue weighted by Gasteiger charge is 2.32. The van der Waals surface area contributed by atoms with E-state index in [1.807, 2.05) is 0 Å². The van der Waals surface area contributed by atoms with Crippen LogP contribution in [0.5, 0.6) is 0 Å². The molecule has 0 saturated heterocycles. The van der Waals surface area contributed by atoms with Crippen molar-refractivity contribution in [1.29, 1.82) is 0 Å². The third kappa shape index (κ3) is 5.83. The van der Waals surface area contributed by atoms with E-state index in [4.69, 9.17) is 10.5 Å². The van der Waals surface area contributed by atoms with Crippen LogP contribution in [0.1, 0.15) is 38.7 Å². The Labute approximate surface area is 151 Å². The van der Waals surface area contributed by atoms with Crippen molar-refractivity contribution in [2.24, 2.45) is 11.7 Å². The monoisotopic (exact) mass is 365 g/mol. The molecular weight excluding hydrogens is 342 g/mol. The zero-order valence-corrected chi connectivity index (χ0v) is 14.9. The lowest BCUT2D eigenvalue weighted by atomic mass is 9.87. The smallest absolute Gasteiger partial charge is 0.306 e. The summed E-state index contributed by atoms with van der Waals surface area (Å²) in [5, 5.41) is 13.4. The Morgan fingerprint density at radius 2 is 1.81 bits per heavy atom. The van der Waals surface area contributed by atoms with Gasteiger partial charge >= 0.3 is 5.97 Å². The number of rotatable bonds is 9. The van der Waals surface area contributed by atoms with Gasteiger partial charge in [0.05, 0.1) is 18.0 Å². The van der Waals surface area contributed by atoms with Crippen molar-refractivity contribution in [2.75, 3.05) is 6.61 Å². The molecule has 0 bridgehead atoms. The molecule has 0 radical (unpaired) electrons. The predicted molar refractivity (Wildman–Crippen MR) is 93.1 cm³/mol. The van der Waals surface area contributed by atoms with E-state index < -0.39 is 40.6 Å². The van der Waals surface area contributed by atoms with Crippen LogP contribution in [0.15, 0.2) is 24.3 Å². The molecule has 1 rings (SSSR count). The van der Waals surface area contributed by atoms with Crippen LogP contribution in [0.25, 0.3) is 0 Å². The minimum Gasteiger partial charge on any atom is -0.466 e. The molecule has 9 nitrogen and oxygen atoms in total. The molecule has 0 aromatic heterocycles. The molecule has 0 aliphatic heterocycles. The fourth-order valence-corrected chi connectivity index (χ4v) is 2.36. The van der Waals surface area contributed by atoms with Crippen molar-refractivity contribution in [3.63, 3.8) is 0 Å². The first-order chi connectivity index (χ1) is 12.2. The van der Waals surface area contributed by atoms with Crippen LogP contribution in [0.2, 0.25) is 0 Å². The molecule has 0 unspecified atom stereocenters. The molecule has 2 atom stereocenters. The third-order valence-electron chi connectivity index (χ3n) is 3.75. The van der Waals surface area contributed by atoms with Gasteiger partial charge in [-0.3, -0.25) is 24.5 Å². The van der Waals surface area contributed by atoms with Crippen LogP contribution >= 0.6 is 0 Å². The molecule has 26 heavy (non-hydrogen) atoms. The van der Waals surface area contributed by atoms with Crippen molar-refractivity contribution in [3.05, 3.63) is 39.9 Å². The minimum absolute atomic E-state index is 0.134. The average molecular weight is 365 g/mol. The summed E-state index contributed by atoms with van der Waals surface area (Å²) in [5.41, 5.74) is 5.76. The van der Waals surface area contributed by atoms with E-state index in [1.54, 1.807) is 20.8 Å². The van der Waals surface area contributed by atoms with Gasteiger partial charge in [-0.05, 0) is 12.5 Å². The number of carbonyl (C=O) groups excluding carboxylic acids is 3. The number of nitrogens with one attached hydrogen (secondary N) is 1. The van der Waals surface area contributed by atoms with E-state index in [1.165, 1.54) is 24.3 Å². The Balaban J connectivity index is 3.23. The normalized spacial score (nSPS) is 12.9. The van der Waals surface area contributed by atoms with Crippen molar-refractivity contribution >= 4 is 23.5 Å². The second-order valence-electron chi connectivity index (χ2n) is 6.01. The second kappa shape index (κ2) is 9.50. The Morgan fingerprint density at radius 1 is 1.23 bits per heavy atom.